The average Bonchev–Trinajstić information content (AvgIpc) is 2.61. The van der Waals surface area contributed by atoms with E-state index in [0.717, 1.165) is 0 Å². The molecule has 0 saturated carbocycles. The lowest BCUT2D eigenvalue weighted by atomic mass is 10.1. The molecule has 2 aromatic rings. The van der Waals surface area contributed by atoms with Gasteiger partial charge in [-0.25, -0.2) is 9.37 Å². The van der Waals surface area contributed by atoms with E-state index in [1.54, 1.807) is 29.0 Å². The van der Waals surface area contributed by atoms with E-state index >= 15 is 0 Å². The fourth-order valence-electron chi connectivity index (χ4n) is 1.70. The monoisotopic (exact) mass is 238 g/mol. The van der Waals surface area contributed by atoms with Crippen molar-refractivity contribution < 1.29 is 4.39 Å². The maximum absolute atomic E-state index is 13.6. The van der Waals surface area contributed by atoms with Gasteiger partial charge in [-0.2, -0.15) is 0 Å². The molecular formula is C12H12ClFN2. The summed E-state index contributed by atoms with van der Waals surface area (Å²) in [5.41, 5.74) is 1.23. The number of halogens is 2. The summed E-state index contributed by atoms with van der Waals surface area (Å²) in [6.45, 7) is 3.97. The second-order valence-corrected chi connectivity index (χ2v) is 4.19. The van der Waals surface area contributed by atoms with Gasteiger partial charge in [-0.15, -0.1) is 0 Å². The van der Waals surface area contributed by atoms with Crippen molar-refractivity contribution in [3.8, 4) is 11.3 Å². The van der Waals surface area contributed by atoms with E-state index in [1.165, 1.54) is 6.07 Å². The highest BCUT2D eigenvalue weighted by molar-refractivity contribution is 6.28. The summed E-state index contributed by atoms with van der Waals surface area (Å²) in [5, 5.41) is 0.383. The van der Waals surface area contributed by atoms with Crippen LogP contribution in [0.3, 0.4) is 0 Å². The van der Waals surface area contributed by atoms with Crippen molar-refractivity contribution in [3.63, 3.8) is 0 Å². The molecule has 1 aromatic heterocycles. The van der Waals surface area contributed by atoms with Crippen LogP contribution in [0.25, 0.3) is 11.3 Å². The lowest BCUT2D eigenvalue weighted by Crippen LogP contribution is -2.03. The van der Waals surface area contributed by atoms with E-state index in [-0.39, 0.29) is 11.9 Å². The smallest absolute Gasteiger partial charge is 0.203 e. The van der Waals surface area contributed by atoms with E-state index in [9.17, 15) is 4.39 Å². The summed E-state index contributed by atoms with van der Waals surface area (Å²) in [4.78, 5) is 4.02. The molecule has 0 aliphatic rings. The lowest BCUT2D eigenvalue weighted by molar-refractivity contribution is 0.597. The Morgan fingerprint density at radius 1 is 1.31 bits per heavy atom. The summed E-state index contributed by atoms with van der Waals surface area (Å²) in [5.74, 6) is -0.263. The Morgan fingerprint density at radius 3 is 2.62 bits per heavy atom. The van der Waals surface area contributed by atoms with Gasteiger partial charge in [0.1, 0.15) is 5.82 Å². The molecule has 0 aliphatic heterocycles. The Bertz CT molecular complexity index is 505. The van der Waals surface area contributed by atoms with Crippen LogP contribution >= 0.6 is 11.6 Å². The standard InChI is InChI=1S/C12H12ClFN2/c1-8(2)16-11(7-15-12(16)13)9-5-3-4-6-10(9)14/h3-8H,1-2H3. The van der Waals surface area contributed by atoms with Gasteiger partial charge >= 0.3 is 0 Å². The van der Waals surface area contributed by atoms with E-state index in [4.69, 9.17) is 11.6 Å². The van der Waals surface area contributed by atoms with Crippen LogP contribution in [0.4, 0.5) is 4.39 Å². The molecule has 0 N–H and O–H groups in total. The lowest BCUT2D eigenvalue weighted by Gasteiger charge is -2.13. The third kappa shape index (κ3) is 1.83. The first-order chi connectivity index (χ1) is 7.61. The minimum atomic E-state index is -0.263. The predicted molar refractivity (Wildman–Crippen MR) is 63.0 cm³/mol. The second-order valence-electron chi connectivity index (χ2n) is 3.86. The molecule has 0 spiro atoms. The Labute approximate surface area is 98.7 Å². The van der Waals surface area contributed by atoms with Crippen molar-refractivity contribution in [3.05, 3.63) is 41.6 Å². The van der Waals surface area contributed by atoms with Crippen LogP contribution in [0, 0.1) is 5.82 Å². The van der Waals surface area contributed by atoms with Crippen LogP contribution in [0.2, 0.25) is 5.28 Å². The third-order valence-corrected chi connectivity index (χ3v) is 2.70. The minimum Gasteiger partial charge on any atom is -0.312 e. The van der Waals surface area contributed by atoms with Crippen molar-refractivity contribution in [1.29, 1.82) is 0 Å². The molecule has 1 aromatic carbocycles. The first-order valence-electron chi connectivity index (χ1n) is 5.09. The maximum Gasteiger partial charge on any atom is 0.203 e. The van der Waals surface area contributed by atoms with Crippen LogP contribution in [-0.2, 0) is 0 Å². The Balaban J connectivity index is 2.61. The highest BCUT2D eigenvalue weighted by Crippen LogP contribution is 2.28. The van der Waals surface area contributed by atoms with Gasteiger partial charge in [-0.1, -0.05) is 12.1 Å². The molecule has 2 rings (SSSR count). The number of hydrogen-bond donors (Lipinski definition) is 0. The summed E-state index contributed by atoms with van der Waals surface area (Å²) < 4.78 is 15.4. The number of rotatable bonds is 2. The van der Waals surface area contributed by atoms with Crippen molar-refractivity contribution in [1.82, 2.24) is 9.55 Å². The van der Waals surface area contributed by atoms with Crippen molar-refractivity contribution in [2.24, 2.45) is 0 Å². The molecule has 84 valence electrons. The average molecular weight is 239 g/mol. The second kappa shape index (κ2) is 4.26. The highest BCUT2D eigenvalue weighted by atomic mass is 35.5. The molecule has 0 unspecified atom stereocenters. The van der Waals surface area contributed by atoms with Crippen LogP contribution in [0.5, 0.6) is 0 Å². The predicted octanol–water partition coefficient (Wildman–Crippen LogP) is 3.92. The highest BCUT2D eigenvalue weighted by Gasteiger charge is 2.15. The zero-order valence-electron chi connectivity index (χ0n) is 9.11. The van der Waals surface area contributed by atoms with Crippen LogP contribution in [-0.4, -0.2) is 9.55 Å². The fourth-order valence-corrected chi connectivity index (χ4v) is 2.03. The van der Waals surface area contributed by atoms with Gasteiger partial charge in [0, 0.05) is 11.6 Å². The quantitative estimate of drug-likeness (QED) is 0.775. The van der Waals surface area contributed by atoms with E-state index < -0.39 is 0 Å². The normalized spacial score (nSPS) is 11.1. The summed E-state index contributed by atoms with van der Waals surface area (Å²) in [7, 11) is 0. The maximum atomic E-state index is 13.6. The largest absolute Gasteiger partial charge is 0.312 e. The molecule has 0 amide bonds. The van der Waals surface area contributed by atoms with Crippen LogP contribution in [0.1, 0.15) is 19.9 Å². The SMILES string of the molecule is CC(C)n1c(-c2ccccc2F)cnc1Cl. The van der Waals surface area contributed by atoms with E-state index in [0.29, 0.717) is 16.5 Å². The van der Waals surface area contributed by atoms with E-state index in [2.05, 4.69) is 4.98 Å². The van der Waals surface area contributed by atoms with Gasteiger partial charge in [0.2, 0.25) is 5.28 Å². The number of benzene rings is 1. The van der Waals surface area contributed by atoms with Gasteiger partial charge in [-0.05, 0) is 37.6 Å². The molecule has 0 fully saturated rings. The molecule has 0 saturated heterocycles. The number of hydrogen-bond acceptors (Lipinski definition) is 1. The van der Waals surface area contributed by atoms with Gasteiger partial charge in [0.05, 0.1) is 11.9 Å². The van der Waals surface area contributed by atoms with Gasteiger partial charge in [0.15, 0.2) is 0 Å². The number of aromatic nitrogens is 2. The summed E-state index contributed by atoms with van der Waals surface area (Å²) in [6, 6.07) is 6.76. The van der Waals surface area contributed by atoms with E-state index in [1.807, 2.05) is 13.8 Å². The molecule has 0 atom stereocenters. The molecule has 0 radical (unpaired) electrons. The Morgan fingerprint density at radius 2 is 2.00 bits per heavy atom. The molecule has 2 nitrogen and oxygen atoms in total. The van der Waals surface area contributed by atoms with Crippen molar-refractivity contribution >= 4 is 11.6 Å². The van der Waals surface area contributed by atoms with Gasteiger partial charge in [-0.3, -0.25) is 0 Å². The molecule has 16 heavy (non-hydrogen) atoms. The topological polar surface area (TPSA) is 17.8 Å². The zero-order valence-corrected chi connectivity index (χ0v) is 9.87. The van der Waals surface area contributed by atoms with Crippen molar-refractivity contribution in [2.45, 2.75) is 19.9 Å². The number of nitrogens with zero attached hydrogens (tertiary/aromatic N) is 2. The van der Waals surface area contributed by atoms with Crippen LogP contribution in [0.15, 0.2) is 30.5 Å². The fraction of sp³-hybridized carbons (Fsp3) is 0.250. The van der Waals surface area contributed by atoms with Gasteiger partial charge in [0.25, 0.3) is 0 Å². The first kappa shape index (κ1) is 11.1. The first-order valence-corrected chi connectivity index (χ1v) is 5.46. The molecule has 0 aliphatic carbocycles. The van der Waals surface area contributed by atoms with Crippen molar-refractivity contribution in [2.75, 3.05) is 0 Å². The van der Waals surface area contributed by atoms with Crippen LogP contribution < -0.4 is 0 Å². The minimum absolute atomic E-state index is 0.143. The third-order valence-electron chi connectivity index (χ3n) is 2.42. The number of imidazole rings is 1. The molecule has 0 bridgehead atoms. The zero-order chi connectivity index (χ0) is 11.7. The molecule has 4 heteroatoms. The molecule has 1 heterocycles. The summed E-state index contributed by atoms with van der Waals surface area (Å²) >= 11 is 5.97. The van der Waals surface area contributed by atoms with Gasteiger partial charge < -0.3 is 4.57 Å². The molecular weight excluding hydrogens is 227 g/mol. The summed E-state index contributed by atoms with van der Waals surface area (Å²) in [6.07, 6.45) is 1.60. The Hall–Kier alpha value is -1.35. The Kier molecular flexibility index (Phi) is 2.97.